The molecular formula is C58H112O6. The molecule has 64 heavy (non-hydrogen) atoms. The molecule has 0 bridgehead atoms. The quantitative estimate of drug-likeness (QED) is 0.0344. The van der Waals surface area contributed by atoms with E-state index in [2.05, 4.69) is 27.7 Å². The first-order valence-electron chi connectivity index (χ1n) is 28.9. The first-order valence-corrected chi connectivity index (χ1v) is 28.9. The molecule has 1 unspecified atom stereocenters. The zero-order chi connectivity index (χ0) is 46.7. The maximum Gasteiger partial charge on any atom is 0.306 e. The van der Waals surface area contributed by atoms with Crippen molar-refractivity contribution in [2.24, 2.45) is 5.92 Å². The topological polar surface area (TPSA) is 78.9 Å². The molecule has 0 aliphatic carbocycles. The number of hydrogen-bond donors (Lipinski definition) is 0. The van der Waals surface area contributed by atoms with Crippen molar-refractivity contribution < 1.29 is 28.6 Å². The third kappa shape index (κ3) is 49.8. The van der Waals surface area contributed by atoms with Gasteiger partial charge < -0.3 is 14.2 Å². The van der Waals surface area contributed by atoms with Gasteiger partial charge in [-0.05, 0) is 25.2 Å². The predicted molar refractivity (Wildman–Crippen MR) is 275 cm³/mol. The average Bonchev–Trinajstić information content (AvgIpc) is 3.29. The molecule has 0 aliphatic heterocycles. The van der Waals surface area contributed by atoms with E-state index in [1.807, 2.05) is 0 Å². The van der Waals surface area contributed by atoms with Crippen molar-refractivity contribution in [3.05, 3.63) is 0 Å². The molecule has 0 fully saturated rings. The number of carbonyl (C=O) groups is 3. The van der Waals surface area contributed by atoms with Gasteiger partial charge in [-0.25, -0.2) is 0 Å². The fourth-order valence-corrected chi connectivity index (χ4v) is 8.89. The molecule has 380 valence electrons. The standard InChI is InChI=1S/C58H112O6/c1-5-8-10-12-14-16-18-19-20-21-22-26-30-33-37-41-45-49-56(59)62-52-55(64-58(61)51-47-43-39-35-28-17-15-13-11-9-6-2)53-63-57(60)50-46-42-38-34-31-27-24-23-25-29-32-36-40-44-48-54(4)7-3/h54-55H,5-53H2,1-4H3/t54?,55-/m0/s1. The van der Waals surface area contributed by atoms with Gasteiger partial charge in [0.2, 0.25) is 0 Å². The monoisotopic (exact) mass is 905 g/mol. The first kappa shape index (κ1) is 62.4. The summed E-state index contributed by atoms with van der Waals surface area (Å²) in [5.41, 5.74) is 0. The Morgan fingerprint density at radius 2 is 0.547 bits per heavy atom. The first-order chi connectivity index (χ1) is 31.4. The molecule has 0 saturated heterocycles. The summed E-state index contributed by atoms with van der Waals surface area (Å²) in [6.45, 7) is 9.09. The van der Waals surface area contributed by atoms with E-state index in [1.54, 1.807) is 0 Å². The Balaban J connectivity index is 4.24. The maximum absolute atomic E-state index is 12.8. The van der Waals surface area contributed by atoms with Crippen LogP contribution >= 0.6 is 0 Å². The Hall–Kier alpha value is -1.59. The SMILES string of the molecule is CCCCCCCCCCCCCCCCCCCC(=O)OC[C@@H](COC(=O)CCCCCCCCCCCCCCCCC(C)CC)OC(=O)CCCCCCCCCCCCC. The Kier molecular flexibility index (Phi) is 51.1. The summed E-state index contributed by atoms with van der Waals surface area (Å²) in [5, 5.41) is 0. The third-order valence-electron chi connectivity index (χ3n) is 13.7. The van der Waals surface area contributed by atoms with E-state index in [9.17, 15) is 14.4 Å². The molecule has 0 saturated carbocycles. The van der Waals surface area contributed by atoms with Gasteiger partial charge >= 0.3 is 17.9 Å². The van der Waals surface area contributed by atoms with E-state index in [4.69, 9.17) is 14.2 Å². The summed E-state index contributed by atoms with van der Waals surface area (Å²) in [4.78, 5) is 38.1. The van der Waals surface area contributed by atoms with Crippen LogP contribution in [0.25, 0.3) is 0 Å². The molecule has 0 aromatic rings. The van der Waals surface area contributed by atoms with Crippen molar-refractivity contribution in [3.63, 3.8) is 0 Å². The molecule has 0 N–H and O–H groups in total. The average molecular weight is 906 g/mol. The van der Waals surface area contributed by atoms with E-state index in [0.29, 0.717) is 19.3 Å². The number of rotatable bonds is 53. The van der Waals surface area contributed by atoms with Crippen molar-refractivity contribution >= 4 is 17.9 Å². The second kappa shape index (κ2) is 52.4. The van der Waals surface area contributed by atoms with E-state index >= 15 is 0 Å². The molecule has 0 aromatic heterocycles. The summed E-state index contributed by atoms with van der Waals surface area (Å²) < 4.78 is 16.9. The largest absolute Gasteiger partial charge is 0.462 e. The number of carbonyl (C=O) groups excluding carboxylic acids is 3. The van der Waals surface area contributed by atoms with Gasteiger partial charge in [0, 0.05) is 19.3 Å². The van der Waals surface area contributed by atoms with Crippen LogP contribution in [0.4, 0.5) is 0 Å². The van der Waals surface area contributed by atoms with Crippen LogP contribution in [0.15, 0.2) is 0 Å². The highest BCUT2D eigenvalue weighted by Gasteiger charge is 2.19. The molecular weight excluding hydrogens is 793 g/mol. The molecule has 0 aromatic carbocycles. The van der Waals surface area contributed by atoms with Gasteiger partial charge in [-0.2, -0.15) is 0 Å². The Bertz CT molecular complexity index is 966. The van der Waals surface area contributed by atoms with Crippen LogP contribution in [-0.4, -0.2) is 37.2 Å². The molecule has 0 aliphatic rings. The lowest BCUT2D eigenvalue weighted by Gasteiger charge is -2.18. The smallest absolute Gasteiger partial charge is 0.306 e. The Labute approximate surface area is 399 Å². The van der Waals surface area contributed by atoms with E-state index in [0.717, 1.165) is 63.7 Å². The van der Waals surface area contributed by atoms with Crippen molar-refractivity contribution in [2.75, 3.05) is 13.2 Å². The maximum atomic E-state index is 12.8. The molecule has 0 spiro atoms. The van der Waals surface area contributed by atoms with Crippen LogP contribution in [0.5, 0.6) is 0 Å². The summed E-state index contributed by atoms with van der Waals surface area (Å²) in [6, 6.07) is 0. The minimum Gasteiger partial charge on any atom is -0.462 e. The van der Waals surface area contributed by atoms with Crippen LogP contribution < -0.4 is 0 Å². The zero-order valence-electron chi connectivity index (χ0n) is 43.8. The minimum atomic E-state index is -0.761. The lowest BCUT2D eigenvalue weighted by molar-refractivity contribution is -0.167. The van der Waals surface area contributed by atoms with E-state index < -0.39 is 6.10 Å². The summed E-state index contributed by atoms with van der Waals surface area (Å²) in [7, 11) is 0. The Morgan fingerprint density at radius 1 is 0.312 bits per heavy atom. The van der Waals surface area contributed by atoms with Gasteiger partial charge in [-0.15, -0.1) is 0 Å². The number of unbranched alkanes of at least 4 members (excludes halogenated alkanes) is 39. The summed E-state index contributed by atoms with van der Waals surface area (Å²) in [6.07, 6.45) is 56.6. The van der Waals surface area contributed by atoms with Gasteiger partial charge in [-0.3, -0.25) is 14.4 Å². The fraction of sp³-hybridized carbons (Fsp3) is 0.948. The molecule has 2 atom stereocenters. The highest BCUT2D eigenvalue weighted by atomic mass is 16.6. The van der Waals surface area contributed by atoms with Crippen LogP contribution in [0.2, 0.25) is 0 Å². The van der Waals surface area contributed by atoms with Gasteiger partial charge in [0.15, 0.2) is 6.10 Å². The van der Waals surface area contributed by atoms with Gasteiger partial charge in [0.05, 0.1) is 0 Å². The number of hydrogen-bond acceptors (Lipinski definition) is 6. The number of esters is 3. The van der Waals surface area contributed by atoms with Crippen LogP contribution in [0.1, 0.15) is 329 Å². The van der Waals surface area contributed by atoms with Gasteiger partial charge in [0.1, 0.15) is 13.2 Å². The van der Waals surface area contributed by atoms with Gasteiger partial charge in [-0.1, -0.05) is 291 Å². The second-order valence-corrected chi connectivity index (χ2v) is 20.2. The molecule has 6 heteroatoms. The van der Waals surface area contributed by atoms with E-state index in [-0.39, 0.29) is 31.1 Å². The minimum absolute atomic E-state index is 0.0619. The summed E-state index contributed by atoms with van der Waals surface area (Å²) in [5.74, 6) is 0.0592. The molecule has 6 nitrogen and oxygen atoms in total. The van der Waals surface area contributed by atoms with Crippen molar-refractivity contribution in [1.82, 2.24) is 0 Å². The normalized spacial score (nSPS) is 12.4. The van der Waals surface area contributed by atoms with Crippen molar-refractivity contribution in [1.29, 1.82) is 0 Å². The van der Waals surface area contributed by atoms with Crippen LogP contribution in [0, 0.1) is 5.92 Å². The second-order valence-electron chi connectivity index (χ2n) is 20.2. The Morgan fingerprint density at radius 3 is 0.812 bits per heavy atom. The highest BCUT2D eigenvalue weighted by Crippen LogP contribution is 2.18. The van der Waals surface area contributed by atoms with Crippen LogP contribution in [-0.2, 0) is 28.6 Å². The fourth-order valence-electron chi connectivity index (χ4n) is 8.89. The van der Waals surface area contributed by atoms with Crippen molar-refractivity contribution in [2.45, 2.75) is 336 Å². The number of ether oxygens (including phenoxy) is 3. The molecule has 0 rings (SSSR count). The highest BCUT2D eigenvalue weighted by molar-refractivity contribution is 5.71. The van der Waals surface area contributed by atoms with Crippen molar-refractivity contribution in [3.8, 4) is 0 Å². The molecule has 0 radical (unpaired) electrons. The van der Waals surface area contributed by atoms with Gasteiger partial charge in [0.25, 0.3) is 0 Å². The third-order valence-corrected chi connectivity index (χ3v) is 13.7. The summed E-state index contributed by atoms with van der Waals surface area (Å²) >= 11 is 0. The molecule has 0 heterocycles. The lowest BCUT2D eigenvalue weighted by atomic mass is 9.99. The lowest BCUT2D eigenvalue weighted by Crippen LogP contribution is -2.30. The predicted octanol–water partition coefficient (Wildman–Crippen LogP) is 19.0. The van der Waals surface area contributed by atoms with Crippen LogP contribution in [0.3, 0.4) is 0 Å². The van der Waals surface area contributed by atoms with E-state index in [1.165, 1.54) is 225 Å². The molecule has 0 amide bonds. The zero-order valence-corrected chi connectivity index (χ0v) is 43.8.